The van der Waals surface area contributed by atoms with E-state index in [1.54, 1.807) is 50.6 Å². The Morgan fingerprint density at radius 2 is 1.13 bits per heavy atom. The number of aryl methyl sites for hydroxylation is 1. The highest BCUT2D eigenvalue weighted by molar-refractivity contribution is 7.87. The van der Waals surface area contributed by atoms with E-state index in [1.807, 2.05) is 104 Å². The van der Waals surface area contributed by atoms with Gasteiger partial charge in [0.25, 0.3) is 0 Å². The Morgan fingerprint density at radius 1 is 0.596 bits per heavy atom. The maximum atomic E-state index is 14.3. The van der Waals surface area contributed by atoms with Gasteiger partial charge in [0.15, 0.2) is 0 Å². The molecule has 0 radical (unpaired) electrons. The SMILES string of the molecule is COc1ccc(C(c2ccc(OC)cc2)c2c(-c3c(OS(=O)(=O)c4cccc5ccccc45)oc(=O)c4ccccc34)c3ccccc3n2C)cc1. The lowest BCUT2D eigenvalue weighted by atomic mass is 9.84. The van der Waals surface area contributed by atoms with Crippen molar-refractivity contribution in [2.75, 3.05) is 14.2 Å². The number of hydrogen-bond donors (Lipinski definition) is 0. The van der Waals surface area contributed by atoms with Gasteiger partial charge in [-0.25, -0.2) is 4.79 Å². The number of para-hydroxylation sites is 1. The summed E-state index contributed by atoms with van der Waals surface area (Å²) in [6, 6.07) is 42.7. The fourth-order valence-electron chi connectivity index (χ4n) is 7.15. The van der Waals surface area contributed by atoms with E-state index in [2.05, 4.69) is 4.57 Å². The standard InChI is InChI=1S/C43H33NO7S/c1-44-36-17-9-8-16-35(36)39(41(44)38(28-19-23-30(48-2)24-20-28)29-21-25-31(49-3)26-22-29)40-33-14-6-7-15-34(33)42(45)50-43(40)51-52(46,47)37-18-10-12-27-11-4-5-13-32(27)37/h4-26,38H,1-3H3. The predicted molar refractivity (Wildman–Crippen MR) is 203 cm³/mol. The number of benzene rings is 6. The average Bonchev–Trinajstić information content (AvgIpc) is 3.46. The summed E-state index contributed by atoms with van der Waals surface area (Å²) in [6.45, 7) is 0. The lowest BCUT2D eigenvalue weighted by Crippen LogP contribution is -2.14. The molecule has 8 aromatic rings. The molecule has 8 nitrogen and oxygen atoms in total. The molecule has 0 aliphatic heterocycles. The molecule has 0 saturated heterocycles. The third kappa shape index (κ3) is 5.56. The van der Waals surface area contributed by atoms with Crippen molar-refractivity contribution in [2.24, 2.45) is 7.05 Å². The average molecular weight is 708 g/mol. The smallest absolute Gasteiger partial charge is 0.346 e. The van der Waals surface area contributed by atoms with Gasteiger partial charge >= 0.3 is 21.7 Å². The first-order chi connectivity index (χ1) is 25.3. The van der Waals surface area contributed by atoms with Gasteiger partial charge < -0.3 is 22.6 Å². The highest BCUT2D eigenvalue weighted by Gasteiger charge is 2.33. The van der Waals surface area contributed by atoms with E-state index in [9.17, 15) is 13.2 Å². The van der Waals surface area contributed by atoms with Crippen LogP contribution in [0.1, 0.15) is 22.7 Å². The second-order valence-corrected chi connectivity index (χ2v) is 13.9. The number of aromatic nitrogens is 1. The van der Waals surface area contributed by atoms with E-state index >= 15 is 0 Å². The van der Waals surface area contributed by atoms with Crippen LogP contribution in [0.15, 0.2) is 154 Å². The Morgan fingerprint density at radius 3 is 1.77 bits per heavy atom. The summed E-state index contributed by atoms with van der Waals surface area (Å²) in [7, 11) is 0.710. The Kier molecular flexibility index (Phi) is 8.28. The summed E-state index contributed by atoms with van der Waals surface area (Å²) in [6.07, 6.45) is 0. The molecule has 6 aromatic carbocycles. The van der Waals surface area contributed by atoms with Crippen LogP contribution in [-0.4, -0.2) is 27.2 Å². The number of methoxy groups -OCH3 is 2. The second kappa shape index (κ2) is 13.1. The van der Waals surface area contributed by atoms with Crippen LogP contribution in [0.5, 0.6) is 17.4 Å². The van der Waals surface area contributed by atoms with Gasteiger partial charge in [-0.05, 0) is 59.0 Å². The topological polar surface area (TPSA) is 97.0 Å². The molecule has 2 heterocycles. The van der Waals surface area contributed by atoms with E-state index < -0.39 is 27.6 Å². The minimum Gasteiger partial charge on any atom is -0.497 e. The van der Waals surface area contributed by atoms with Gasteiger partial charge in [0.2, 0.25) is 0 Å². The summed E-state index contributed by atoms with van der Waals surface area (Å²) >= 11 is 0. The van der Waals surface area contributed by atoms with Crippen molar-refractivity contribution >= 4 is 42.6 Å². The highest BCUT2D eigenvalue weighted by atomic mass is 32.2. The first kappa shape index (κ1) is 32.9. The molecule has 0 atom stereocenters. The van der Waals surface area contributed by atoms with Gasteiger partial charge in [-0.2, -0.15) is 8.42 Å². The van der Waals surface area contributed by atoms with Crippen molar-refractivity contribution in [1.82, 2.24) is 4.57 Å². The number of nitrogens with zero attached hydrogens (tertiary/aromatic N) is 1. The zero-order chi connectivity index (χ0) is 36.0. The minimum absolute atomic E-state index is 0.0418. The van der Waals surface area contributed by atoms with Gasteiger partial charge in [-0.3, -0.25) is 0 Å². The fraction of sp³-hybridized carbons (Fsp3) is 0.0930. The number of rotatable bonds is 9. The van der Waals surface area contributed by atoms with Gasteiger partial charge in [0, 0.05) is 45.9 Å². The molecule has 0 unspecified atom stereocenters. The fourth-order valence-corrected chi connectivity index (χ4v) is 8.25. The summed E-state index contributed by atoms with van der Waals surface area (Å²) in [5.74, 6) is 0.606. The van der Waals surface area contributed by atoms with Crippen LogP contribution in [0.3, 0.4) is 0 Å². The van der Waals surface area contributed by atoms with Crippen LogP contribution in [0, 0.1) is 0 Å². The quantitative estimate of drug-likeness (QED) is 0.138. The Hall–Kier alpha value is -6.32. The van der Waals surface area contributed by atoms with Crippen molar-refractivity contribution in [2.45, 2.75) is 10.8 Å². The summed E-state index contributed by atoms with van der Waals surface area (Å²) in [4.78, 5) is 13.6. The second-order valence-electron chi connectivity index (χ2n) is 12.4. The first-order valence-corrected chi connectivity index (χ1v) is 18.0. The van der Waals surface area contributed by atoms with Crippen LogP contribution in [0.2, 0.25) is 0 Å². The minimum atomic E-state index is -4.52. The van der Waals surface area contributed by atoms with E-state index in [-0.39, 0.29) is 10.3 Å². The lowest BCUT2D eigenvalue weighted by molar-refractivity contribution is 0.364. The number of ether oxygens (including phenoxy) is 2. The van der Waals surface area contributed by atoms with Crippen LogP contribution >= 0.6 is 0 Å². The number of hydrogen-bond acceptors (Lipinski definition) is 7. The molecule has 0 saturated carbocycles. The number of fused-ring (bicyclic) bond motifs is 3. The molecule has 0 spiro atoms. The van der Waals surface area contributed by atoms with Crippen molar-refractivity contribution in [1.29, 1.82) is 0 Å². The van der Waals surface area contributed by atoms with Crippen LogP contribution < -0.4 is 19.3 Å². The summed E-state index contributed by atoms with van der Waals surface area (Å²) in [5, 5.41) is 2.81. The Bertz CT molecular complexity index is 2730. The zero-order valence-corrected chi connectivity index (χ0v) is 29.4. The van der Waals surface area contributed by atoms with E-state index in [4.69, 9.17) is 18.1 Å². The van der Waals surface area contributed by atoms with Crippen molar-refractivity contribution < 1.29 is 26.5 Å². The largest absolute Gasteiger partial charge is 0.497 e. The van der Waals surface area contributed by atoms with Gasteiger partial charge in [0.1, 0.15) is 16.4 Å². The van der Waals surface area contributed by atoms with E-state index in [0.29, 0.717) is 33.4 Å². The molecule has 0 aliphatic rings. The maximum Gasteiger partial charge on any atom is 0.346 e. The van der Waals surface area contributed by atoms with Crippen molar-refractivity contribution in [3.8, 4) is 28.6 Å². The highest BCUT2D eigenvalue weighted by Crippen LogP contribution is 2.48. The maximum absolute atomic E-state index is 14.3. The van der Waals surface area contributed by atoms with Crippen LogP contribution in [-0.2, 0) is 17.2 Å². The van der Waals surface area contributed by atoms with Gasteiger partial charge in [-0.15, -0.1) is 0 Å². The summed E-state index contributed by atoms with van der Waals surface area (Å²) < 4.78 is 53.6. The summed E-state index contributed by atoms with van der Waals surface area (Å²) in [5.41, 5.74) is 3.90. The molecular weight excluding hydrogens is 675 g/mol. The first-order valence-electron chi connectivity index (χ1n) is 16.6. The Labute approximate surface area is 300 Å². The monoisotopic (exact) mass is 707 g/mol. The molecule has 0 bridgehead atoms. The molecule has 8 rings (SSSR count). The molecular formula is C43H33NO7S. The van der Waals surface area contributed by atoms with Gasteiger partial charge in [-0.1, -0.05) is 97.1 Å². The molecule has 52 heavy (non-hydrogen) atoms. The molecule has 0 aliphatic carbocycles. The van der Waals surface area contributed by atoms with Crippen LogP contribution in [0.4, 0.5) is 0 Å². The molecule has 258 valence electrons. The predicted octanol–water partition coefficient (Wildman–Crippen LogP) is 9.07. The zero-order valence-electron chi connectivity index (χ0n) is 28.6. The lowest BCUT2D eigenvalue weighted by Gasteiger charge is -2.23. The van der Waals surface area contributed by atoms with Crippen LogP contribution in [0.25, 0.3) is 43.6 Å². The molecule has 9 heteroatoms. The molecule has 0 fully saturated rings. The normalized spacial score (nSPS) is 11.8. The third-order valence-electron chi connectivity index (χ3n) is 9.58. The van der Waals surface area contributed by atoms with E-state index in [1.165, 1.54) is 6.07 Å². The molecule has 2 aromatic heterocycles. The van der Waals surface area contributed by atoms with Crippen molar-refractivity contribution in [3.63, 3.8) is 0 Å². The van der Waals surface area contributed by atoms with Crippen molar-refractivity contribution in [3.05, 3.63) is 167 Å². The van der Waals surface area contributed by atoms with E-state index in [0.717, 1.165) is 33.1 Å². The third-order valence-corrected chi connectivity index (χ3v) is 10.8. The molecule has 0 N–H and O–H groups in total. The Balaban J connectivity index is 1.46. The van der Waals surface area contributed by atoms with Gasteiger partial charge in [0.05, 0.1) is 25.2 Å². The molecule has 0 amide bonds.